The number of nitrogens with zero attached hydrogens (tertiary/aromatic N) is 1. The number of rotatable bonds is 8. The maximum atomic E-state index is 13.2. The first-order chi connectivity index (χ1) is 14.5. The van der Waals surface area contributed by atoms with Gasteiger partial charge < -0.3 is 14.6 Å². The Morgan fingerprint density at radius 3 is 2.63 bits per heavy atom. The highest BCUT2D eigenvalue weighted by molar-refractivity contribution is 7.13. The van der Waals surface area contributed by atoms with Crippen LogP contribution in [0.25, 0.3) is 0 Å². The number of thiophene rings is 1. The predicted octanol–water partition coefficient (Wildman–Crippen LogP) is 2.92. The molecule has 0 saturated carbocycles. The molecule has 3 aliphatic heterocycles. The lowest BCUT2D eigenvalue weighted by Crippen LogP contribution is -2.52. The van der Waals surface area contributed by atoms with E-state index in [2.05, 4.69) is 10.2 Å². The third-order valence-electron chi connectivity index (χ3n) is 5.90. The van der Waals surface area contributed by atoms with Gasteiger partial charge in [0.1, 0.15) is 22.8 Å². The van der Waals surface area contributed by atoms with E-state index in [4.69, 9.17) is 14.6 Å². The first kappa shape index (κ1) is 20.8. The van der Waals surface area contributed by atoms with E-state index in [-0.39, 0.29) is 17.0 Å². The molecule has 2 atom stereocenters. The zero-order valence-electron chi connectivity index (χ0n) is 16.9. The van der Waals surface area contributed by atoms with Crippen LogP contribution in [0.5, 0.6) is 5.75 Å². The zero-order chi connectivity index (χ0) is 21.1. The fourth-order valence-electron chi connectivity index (χ4n) is 4.28. The van der Waals surface area contributed by atoms with Crippen molar-refractivity contribution in [3.8, 4) is 5.75 Å². The van der Waals surface area contributed by atoms with Gasteiger partial charge in [-0.25, -0.2) is 9.59 Å². The number of carbonyl (C=O) groups is 2. The van der Waals surface area contributed by atoms with Crippen molar-refractivity contribution >= 4 is 23.3 Å². The number of para-hydroxylation sites is 1. The monoisotopic (exact) mass is 430 g/mol. The summed E-state index contributed by atoms with van der Waals surface area (Å²) in [6.07, 6.45) is 2.05. The van der Waals surface area contributed by atoms with Gasteiger partial charge in [-0.2, -0.15) is 0 Å². The number of fused-ring (bicyclic) bond motifs is 3. The Morgan fingerprint density at radius 2 is 2.00 bits per heavy atom. The number of carboxylic acid groups (broad SMARTS) is 1. The molecule has 5 rings (SSSR count). The molecule has 8 heteroatoms. The molecule has 7 nitrogen and oxygen atoms in total. The smallest absolute Gasteiger partial charge is 0.345 e. The summed E-state index contributed by atoms with van der Waals surface area (Å²) in [7, 11) is 1.58. The first-order valence-corrected chi connectivity index (χ1v) is 11.0. The van der Waals surface area contributed by atoms with Crippen LogP contribution in [0.4, 0.5) is 0 Å². The molecule has 1 unspecified atom stereocenters. The van der Waals surface area contributed by atoms with Crippen molar-refractivity contribution in [2.45, 2.75) is 31.5 Å². The number of benzene rings is 1. The van der Waals surface area contributed by atoms with Crippen molar-refractivity contribution in [2.24, 2.45) is 5.92 Å². The Bertz CT molecular complexity index is 906. The zero-order valence-corrected chi connectivity index (χ0v) is 17.7. The molecule has 2 aromatic rings. The fourth-order valence-corrected chi connectivity index (χ4v) is 5.07. The largest absolute Gasteiger partial charge is 0.496 e. The first-order valence-electron chi connectivity index (χ1n) is 10.2. The van der Waals surface area contributed by atoms with Crippen LogP contribution in [0.15, 0.2) is 36.4 Å². The number of carboxylic acids is 1. The molecule has 2 bridgehead atoms. The molecule has 2 N–H and O–H groups in total. The minimum Gasteiger partial charge on any atom is -0.496 e. The van der Waals surface area contributed by atoms with Crippen LogP contribution in [0.2, 0.25) is 0 Å². The van der Waals surface area contributed by atoms with Crippen molar-refractivity contribution < 1.29 is 24.2 Å². The number of methoxy groups -OCH3 is 1. The van der Waals surface area contributed by atoms with Gasteiger partial charge in [-0.3, -0.25) is 10.2 Å². The highest BCUT2D eigenvalue weighted by Crippen LogP contribution is 2.32. The fraction of sp³-hybridized carbons (Fsp3) is 0.455. The summed E-state index contributed by atoms with van der Waals surface area (Å²) in [5.41, 5.74) is 0.710. The molecule has 0 aliphatic carbocycles. The topological polar surface area (TPSA) is 88.1 Å². The van der Waals surface area contributed by atoms with Gasteiger partial charge >= 0.3 is 11.9 Å². The highest BCUT2D eigenvalue weighted by Gasteiger charge is 2.38. The summed E-state index contributed by atoms with van der Waals surface area (Å²) < 4.78 is 11.5. The Kier molecular flexibility index (Phi) is 6.36. The van der Waals surface area contributed by atoms with Crippen molar-refractivity contribution in [3.63, 3.8) is 0 Å². The third-order valence-corrected chi connectivity index (χ3v) is 6.98. The average Bonchev–Trinajstić information content (AvgIpc) is 3.24. The molecule has 0 radical (unpaired) electrons. The lowest BCUT2D eigenvalue weighted by Gasteiger charge is -2.44. The molecule has 160 valence electrons. The molecule has 1 aromatic carbocycles. The van der Waals surface area contributed by atoms with Crippen LogP contribution in [0, 0.1) is 5.92 Å². The number of nitrogens with one attached hydrogen (secondary N) is 1. The summed E-state index contributed by atoms with van der Waals surface area (Å²) in [6.45, 7) is 3.31. The Balaban J connectivity index is 1.51. The SMILES string of the molecule is COc1ccccc1C(NCc1ccc(C(=O)O)s1)C(=O)O[C@H]1CN2CCC1CC2. The number of hydrogen-bond donors (Lipinski definition) is 2. The summed E-state index contributed by atoms with van der Waals surface area (Å²) >= 11 is 1.19. The molecule has 0 amide bonds. The molecule has 3 saturated heterocycles. The minimum absolute atomic E-state index is 0.0839. The quantitative estimate of drug-likeness (QED) is 0.623. The predicted molar refractivity (Wildman–Crippen MR) is 113 cm³/mol. The van der Waals surface area contributed by atoms with E-state index in [1.54, 1.807) is 19.2 Å². The second kappa shape index (κ2) is 9.16. The van der Waals surface area contributed by atoms with Gasteiger partial charge in [-0.05, 0) is 50.0 Å². The molecule has 1 aromatic heterocycles. The normalized spacial score (nSPS) is 23.7. The number of piperidine rings is 3. The second-order valence-electron chi connectivity index (χ2n) is 7.74. The standard InChI is InChI=1S/C22H26N2O5S/c1-28-17-5-3-2-4-16(17)20(23-12-15-6-7-19(30-15)21(25)26)22(27)29-18-13-24-10-8-14(18)9-11-24/h2-7,14,18,20,23H,8-13H2,1H3,(H,25,26)/t18-,20?/m0/s1. The van der Waals surface area contributed by atoms with E-state index in [1.165, 1.54) is 11.3 Å². The third kappa shape index (κ3) is 4.50. The summed E-state index contributed by atoms with van der Waals surface area (Å²) in [5, 5.41) is 12.4. The summed E-state index contributed by atoms with van der Waals surface area (Å²) in [4.78, 5) is 27.8. The van der Waals surface area contributed by atoms with E-state index < -0.39 is 12.0 Å². The van der Waals surface area contributed by atoms with Gasteiger partial charge in [0.25, 0.3) is 0 Å². The van der Waals surface area contributed by atoms with Gasteiger partial charge in [-0.15, -0.1) is 11.3 Å². The van der Waals surface area contributed by atoms with E-state index >= 15 is 0 Å². The van der Waals surface area contributed by atoms with E-state index in [0.29, 0.717) is 23.8 Å². The molecule has 30 heavy (non-hydrogen) atoms. The molecule has 3 fully saturated rings. The summed E-state index contributed by atoms with van der Waals surface area (Å²) in [5.74, 6) is -0.242. The van der Waals surface area contributed by atoms with E-state index in [0.717, 1.165) is 37.4 Å². The van der Waals surface area contributed by atoms with Crippen LogP contribution >= 0.6 is 11.3 Å². The molecular formula is C22H26N2O5S. The maximum absolute atomic E-state index is 13.2. The summed E-state index contributed by atoms with van der Waals surface area (Å²) in [6, 6.07) is 10.0. The van der Waals surface area contributed by atoms with Crippen LogP contribution < -0.4 is 10.1 Å². The highest BCUT2D eigenvalue weighted by atomic mass is 32.1. The second-order valence-corrected chi connectivity index (χ2v) is 8.91. The van der Waals surface area contributed by atoms with Crippen molar-refractivity contribution in [1.82, 2.24) is 10.2 Å². The van der Waals surface area contributed by atoms with Crippen molar-refractivity contribution in [2.75, 3.05) is 26.7 Å². The lowest BCUT2D eigenvalue weighted by atomic mass is 9.86. The van der Waals surface area contributed by atoms with Gasteiger partial charge in [-0.1, -0.05) is 18.2 Å². The number of esters is 1. The molecule has 3 aliphatic rings. The van der Waals surface area contributed by atoms with Crippen LogP contribution in [-0.4, -0.2) is 54.8 Å². The van der Waals surface area contributed by atoms with Crippen molar-refractivity contribution in [1.29, 1.82) is 0 Å². The van der Waals surface area contributed by atoms with Crippen molar-refractivity contribution in [3.05, 3.63) is 51.7 Å². The average molecular weight is 431 g/mol. The number of carbonyl (C=O) groups excluding carboxylic acids is 1. The minimum atomic E-state index is -0.950. The number of aromatic carboxylic acids is 1. The van der Waals surface area contributed by atoms with Crippen LogP contribution in [0.3, 0.4) is 0 Å². The van der Waals surface area contributed by atoms with Gasteiger partial charge in [0, 0.05) is 23.5 Å². The number of hydrogen-bond acceptors (Lipinski definition) is 7. The van der Waals surface area contributed by atoms with Crippen LogP contribution in [-0.2, 0) is 16.1 Å². The van der Waals surface area contributed by atoms with E-state index in [1.807, 2.05) is 24.3 Å². The molecular weight excluding hydrogens is 404 g/mol. The van der Waals surface area contributed by atoms with Gasteiger partial charge in [0.15, 0.2) is 0 Å². The molecule has 4 heterocycles. The number of ether oxygens (including phenoxy) is 2. The van der Waals surface area contributed by atoms with Gasteiger partial charge in [0.05, 0.1) is 7.11 Å². The maximum Gasteiger partial charge on any atom is 0.345 e. The Labute approximate surface area is 179 Å². The Hall–Kier alpha value is -2.42. The van der Waals surface area contributed by atoms with E-state index in [9.17, 15) is 9.59 Å². The molecule has 0 spiro atoms. The van der Waals surface area contributed by atoms with Crippen LogP contribution in [0.1, 0.15) is 39.0 Å². The van der Waals surface area contributed by atoms with Gasteiger partial charge in [0.2, 0.25) is 0 Å². The lowest BCUT2D eigenvalue weighted by molar-refractivity contribution is -0.161. The Morgan fingerprint density at radius 1 is 1.23 bits per heavy atom.